The third kappa shape index (κ3) is 4.19. The lowest BCUT2D eigenvalue weighted by atomic mass is 10.1. The summed E-state index contributed by atoms with van der Waals surface area (Å²) in [6.07, 6.45) is 0.625. The number of nitrogens with one attached hydrogen (secondary N) is 2. The average molecular weight is 291 g/mol. The van der Waals surface area contributed by atoms with Crippen molar-refractivity contribution >= 4 is 11.7 Å². The highest BCUT2D eigenvalue weighted by atomic mass is 16.3. The van der Waals surface area contributed by atoms with E-state index in [4.69, 9.17) is 0 Å². The highest BCUT2D eigenvalue weighted by Gasteiger charge is 2.33. The summed E-state index contributed by atoms with van der Waals surface area (Å²) >= 11 is 0. The fraction of sp³-hybridized carbons (Fsp3) is 0.562. The van der Waals surface area contributed by atoms with Crippen molar-refractivity contribution in [3.8, 4) is 0 Å². The molecule has 5 nitrogen and oxygen atoms in total. The lowest BCUT2D eigenvalue weighted by Crippen LogP contribution is -2.36. The summed E-state index contributed by atoms with van der Waals surface area (Å²) in [5, 5.41) is 16.1. The van der Waals surface area contributed by atoms with Crippen LogP contribution < -0.4 is 10.6 Å². The Bertz CT molecular complexity index is 485. The van der Waals surface area contributed by atoms with Crippen molar-refractivity contribution in [1.82, 2.24) is 10.2 Å². The zero-order valence-corrected chi connectivity index (χ0v) is 13.0. The third-order valence-electron chi connectivity index (χ3n) is 3.91. The van der Waals surface area contributed by atoms with E-state index in [1.54, 1.807) is 11.8 Å². The van der Waals surface area contributed by atoms with E-state index in [1.165, 1.54) is 5.56 Å². The minimum absolute atomic E-state index is 0.153. The first-order valence-electron chi connectivity index (χ1n) is 7.53. The highest BCUT2D eigenvalue weighted by molar-refractivity contribution is 5.89. The minimum atomic E-state index is -0.761. The van der Waals surface area contributed by atoms with E-state index in [0.29, 0.717) is 25.6 Å². The first kappa shape index (κ1) is 15.8. The number of rotatable bonds is 4. The van der Waals surface area contributed by atoms with E-state index in [2.05, 4.69) is 24.5 Å². The summed E-state index contributed by atoms with van der Waals surface area (Å²) in [6, 6.07) is 8.00. The molecule has 21 heavy (non-hydrogen) atoms. The number of anilines is 1. The molecular formula is C16H25N3O2. The lowest BCUT2D eigenvalue weighted by molar-refractivity contribution is 0.0727. The molecule has 0 aliphatic carbocycles. The van der Waals surface area contributed by atoms with Crippen LogP contribution in [0.25, 0.3) is 0 Å². The number of nitrogens with zero attached hydrogens (tertiary/aromatic N) is 1. The minimum Gasteiger partial charge on any atom is -0.388 e. The highest BCUT2D eigenvalue weighted by Crippen LogP contribution is 2.21. The summed E-state index contributed by atoms with van der Waals surface area (Å²) in [4.78, 5) is 13.8. The number of carbonyl (C=O) groups is 1. The van der Waals surface area contributed by atoms with E-state index in [9.17, 15) is 9.90 Å². The molecule has 1 aromatic rings. The molecule has 2 amide bonds. The third-order valence-corrected chi connectivity index (χ3v) is 3.91. The predicted octanol–water partition coefficient (Wildman–Crippen LogP) is 2.35. The van der Waals surface area contributed by atoms with Gasteiger partial charge in [-0.1, -0.05) is 19.1 Å². The summed E-state index contributed by atoms with van der Waals surface area (Å²) in [6.45, 7) is 7.86. The largest absolute Gasteiger partial charge is 0.388 e. The van der Waals surface area contributed by atoms with E-state index >= 15 is 0 Å². The van der Waals surface area contributed by atoms with Crippen LogP contribution in [-0.2, 0) is 0 Å². The van der Waals surface area contributed by atoms with Gasteiger partial charge in [0.15, 0.2) is 0 Å². The zero-order valence-electron chi connectivity index (χ0n) is 13.0. The standard InChI is InChI=1S/C16H25N3O2/c1-4-17-12(2)13-5-7-14(8-6-13)18-15(20)19-10-9-16(3,21)11-19/h5-8,12,17,21H,4,9-11H2,1-3H3,(H,18,20). The molecule has 0 saturated carbocycles. The predicted molar refractivity (Wildman–Crippen MR) is 84.4 cm³/mol. The van der Waals surface area contributed by atoms with Gasteiger partial charge in [0.2, 0.25) is 0 Å². The Balaban J connectivity index is 1.93. The van der Waals surface area contributed by atoms with E-state index in [-0.39, 0.29) is 6.03 Å². The maximum Gasteiger partial charge on any atom is 0.321 e. The summed E-state index contributed by atoms with van der Waals surface area (Å²) in [5.41, 5.74) is 1.21. The molecule has 5 heteroatoms. The molecule has 1 saturated heterocycles. The van der Waals surface area contributed by atoms with Crippen LogP contribution >= 0.6 is 0 Å². The Kier molecular flexibility index (Phi) is 4.85. The molecule has 0 radical (unpaired) electrons. The molecule has 0 aromatic heterocycles. The van der Waals surface area contributed by atoms with Crippen LogP contribution in [0, 0.1) is 0 Å². The number of β-amino-alcohol motifs (C(OH)–C–C–N with tert-alkyl or cyclic N) is 1. The van der Waals surface area contributed by atoms with Crippen molar-refractivity contribution in [3.63, 3.8) is 0 Å². The number of amides is 2. The van der Waals surface area contributed by atoms with Gasteiger partial charge in [0, 0.05) is 18.3 Å². The van der Waals surface area contributed by atoms with Crippen molar-refractivity contribution in [3.05, 3.63) is 29.8 Å². The van der Waals surface area contributed by atoms with Crippen LogP contribution in [0.3, 0.4) is 0 Å². The fourth-order valence-corrected chi connectivity index (χ4v) is 2.60. The Labute approximate surface area is 126 Å². The van der Waals surface area contributed by atoms with Gasteiger partial charge in [0.25, 0.3) is 0 Å². The van der Waals surface area contributed by atoms with Gasteiger partial charge in [-0.05, 0) is 44.5 Å². The number of carbonyl (C=O) groups excluding carboxylic acids is 1. The van der Waals surface area contributed by atoms with E-state index in [0.717, 1.165) is 12.2 Å². The lowest BCUT2D eigenvalue weighted by Gasteiger charge is -2.20. The van der Waals surface area contributed by atoms with Gasteiger partial charge < -0.3 is 20.6 Å². The molecule has 1 aliphatic heterocycles. The zero-order chi connectivity index (χ0) is 15.5. The van der Waals surface area contributed by atoms with Crippen molar-refractivity contribution in [2.24, 2.45) is 0 Å². The second kappa shape index (κ2) is 6.45. The van der Waals surface area contributed by atoms with Gasteiger partial charge in [-0.2, -0.15) is 0 Å². The Morgan fingerprint density at radius 1 is 1.43 bits per heavy atom. The second-order valence-electron chi connectivity index (χ2n) is 6.00. The Morgan fingerprint density at radius 3 is 2.62 bits per heavy atom. The maximum absolute atomic E-state index is 12.1. The van der Waals surface area contributed by atoms with Crippen molar-refractivity contribution in [2.75, 3.05) is 25.0 Å². The molecular weight excluding hydrogens is 266 g/mol. The second-order valence-corrected chi connectivity index (χ2v) is 6.00. The molecule has 116 valence electrons. The van der Waals surface area contributed by atoms with Crippen LogP contribution in [-0.4, -0.2) is 41.3 Å². The number of aliphatic hydroxyl groups is 1. The topological polar surface area (TPSA) is 64.6 Å². The average Bonchev–Trinajstić information content (AvgIpc) is 2.80. The Hall–Kier alpha value is -1.59. The molecule has 3 N–H and O–H groups in total. The monoisotopic (exact) mass is 291 g/mol. The SMILES string of the molecule is CCNC(C)c1ccc(NC(=O)N2CCC(C)(O)C2)cc1. The van der Waals surface area contributed by atoms with Gasteiger partial charge in [0.05, 0.1) is 12.1 Å². The number of likely N-dealkylation sites (tertiary alicyclic amines) is 1. The van der Waals surface area contributed by atoms with Crippen LogP contribution in [0.1, 0.15) is 38.8 Å². The van der Waals surface area contributed by atoms with Crippen LogP contribution in [0.4, 0.5) is 10.5 Å². The molecule has 0 bridgehead atoms. The molecule has 0 spiro atoms. The fourth-order valence-electron chi connectivity index (χ4n) is 2.60. The van der Waals surface area contributed by atoms with Gasteiger partial charge in [-0.15, -0.1) is 0 Å². The molecule has 1 aliphatic rings. The van der Waals surface area contributed by atoms with Crippen molar-refractivity contribution < 1.29 is 9.90 Å². The van der Waals surface area contributed by atoms with Gasteiger partial charge in [-0.25, -0.2) is 4.79 Å². The van der Waals surface area contributed by atoms with Crippen LogP contribution in [0.15, 0.2) is 24.3 Å². The summed E-state index contributed by atoms with van der Waals surface area (Å²) in [7, 11) is 0. The normalized spacial score (nSPS) is 23.1. The first-order chi connectivity index (χ1) is 9.91. The molecule has 1 fully saturated rings. The summed E-state index contributed by atoms with van der Waals surface area (Å²) in [5.74, 6) is 0. The molecule has 2 rings (SSSR count). The molecule has 2 atom stereocenters. The molecule has 1 heterocycles. The Morgan fingerprint density at radius 2 is 2.10 bits per heavy atom. The van der Waals surface area contributed by atoms with Gasteiger partial charge >= 0.3 is 6.03 Å². The van der Waals surface area contributed by atoms with Gasteiger partial charge in [0.1, 0.15) is 0 Å². The van der Waals surface area contributed by atoms with Gasteiger partial charge in [-0.3, -0.25) is 0 Å². The van der Waals surface area contributed by atoms with Crippen molar-refractivity contribution in [1.29, 1.82) is 0 Å². The van der Waals surface area contributed by atoms with Crippen molar-refractivity contribution in [2.45, 2.75) is 38.8 Å². The van der Waals surface area contributed by atoms with Crippen LogP contribution in [0.2, 0.25) is 0 Å². The number of urea groups is 1. The van der Waals surface area contributed by atoms with Crippen LogP contribution in [0.5, 0.6) is 0 Å². The first-order valence-corrected chi connectivity index (χ1v) is 7.53. The van der Waals surface area contributed by atoms with E-state index < -0.39 is 5.60 Å². The summed E-state index contributed by atoms with van der Waals surface area (Å²) < 4.78 is 0. The molecule has 2 unspecified atom stereocenters. The maximum atomic E-state index is 12.1. The number of benzene rings is 1. The smallest absolute Gasteiger partial charge is 0.321 e. The number of hydrogen-bond donors (Lipinski definition) is 3. The molecule has 1 aromatic carbocycles. The van der Waals surface area contributed by atoms with E-state index in [1.807, 2.05) is 24.3 Å². The number of hydrogen-bond acceptors (Lipinski definition) is 3. The quantitative estimate of drug-likeness (QED) is 0.798.